The third-order valence-corrected chi connectivity index (χ3v) is 9.61. The monoisotopic (exact) mass is 523 g/mol. The Morgan fingerprint density at radius 1 is 0.561 bits per heavy atom. The van der Waals surface area contributed by atoms with E-state index < -0.39 is 0 Å². The minimum atomic E-state index is -0.0362. The average molecular weight is 524 g/mol. The van der Waals surface area contributed by atoms with E-state index in [1.807, 2.05) is 0 Å². The van der Waals surface area contributed by atoms with Crippen LogP contribution in [0.15, 0.2) is 115 Å². The van der Waals surface area contributed by atoms with Crippen LogP contribution in [-0.4, -0.2) is 13.8 Å². The Labute approximate surface area is 236 Å². The summed E-state index contributed by atoms with van der Waals surface area (Å²) in [6.45, 7) is 4.71. The average Bonchev–Trinajstić information content (AvgIpc) is 3.70. The largest absolute Gasteiger partial charge is 0.277 e. The second-order valence-electron chi connectivity index (χ2n) is 12.1. The highest BCUT2D eigenvalue weighted by molar-refractivity contribution is 6.20. The summed E-state index contributed by atoms with van der Waals surface area (Å²) in [7, 11) is 0. The van der Waals surface area contributed by atoms with Gasteiger partial charge in [0.1, 0.15) is 0 Å². The summed E-state index contributed by atoms with van der Waals surface area (Å²) in [5.74, 6) is 0.971. The lowest BCUT2D eigenvalue weighted by Gasteiger charge is -2.21. The molecule has 0 fully saturated rings. The Bertz CT molecular complexity index is 2560. The fraction of sp³-hybridized carbons (Fsp3) is 0.0789. The molecular formula is C38H25N3. The summed E-state index contributed by atoms with van der Waals surface area (Å²) < 4.78 is 4.74. The maximum atomic E-state index is 5.17. The van der Waals surface area contributed by atoms with Gasteiger partial charge >= 0.3 is 0 Å². The number of para-hydroxylation sites is 2. The van der Waals surface area contributed by atoms with Gasteiger partial charge < -0.3 is 0 Å². The first-order valence-corrected chi connectivity index (χ1v) is 14.3. The zero-order valence-electron chi connectivity index (χ0n) is 22.8. The normalized spacial score (nSPS) is 14.3. The van der Waals surface area contributed by atoms with Crippen molar-refractivity contribution in [3.8, 4) is 22.3 Å². The SMILES string of the molecule is CC1(C)c2ccccc2-c2c(-c3cc4c5cc6ccccc6cc5n5c4c(c3)n3c4ccccc4nc35)cccc21. The topological polar surface area (TPSA) is 21.7 Å². The molecular weight excluding hydrogens is 498 g/mol. The van der Waals surface area contributed by atoms with Crippen molar-refractivity contribution in [2.45, 2.75) is 19.3 Å². The second-order valence-corrected chi connectivity index (χ2v) is 12.1. The lowest BCUT2D eigenvalue weighted by Crippen LogP contribution is -2.14. The van der Waals surface area contributed by atoms with E-state index in [2.05, 4.69) is 138 Å². The Balaban J connectivity index is 1.41. The van der Waals surface area contributed by atoms with Crippen molar-refractivity contribution in [3.05, 3.63) is 126 Å². The summed E-state index contributed by atoms with van der Waals surface area (Å²) in [6, 6.07) is 42.5. The molecule has 0 aliphatic heterocycles. The van der Waals surface area contributed by atoms with Crippen LogP contribution in [-0.2, 0) is 5.41 Å². The van der Waals surface area contributed by atoms with Crippen LogP contribution in [0, 0.1) is 0 Å². The summed E-state index contributed by atoms with van der Waals surface area (Å²) in [5.41, 5.74) is 13.8. The first-order valence-electron chi connectivity index (χ1n) is 14.3. The van der Waals surface area contributed by atoms with Gasteiger partial charge in [0.25, 0.3) is 0 Å². The molecule has 0 N–H and O–H groups in total. The van der Waals surface area contributed by atoms with Gasteiger partial charge in [-0.15, -0.1) is 0 Å². The Morgan fingerprint density at radius 2 is 1.29 bits per heavy atom. The molecule has 3 heterocycles. The fourth-order valence-electron chi connectivity index (χ4n) is 7.74. The summed E-state index contributed by atoms with van der Waals surface area (Å²) >= 11 is 0. The molecule has 0 saturated heterocycles. The van der Waals surface area contributed by atoms with Crippen molar-refractivity contribution >= 4 is 54.9 Å². The highest BCUT2D eigenvalue weighted by atomic mass is 15.2. The lowest BCUT2D eigenvalue weighted by molar-refractivity contribution is 0.660. The predicted octanol–water partition coefficient (Wildman–Crippen LogP) is 9.61. The molecule has 0 saturated carbocycles. The van der Waals surface area contributed by atoms with Crippen molar-refractivity contribution in [2.75, 3.05) is 0 Å². The van der Waals surface area contributed by atoms with E-state index in [1.54, 1.807) is 0 Å². The number of rotatable bonds is 1. The third kappa shape index (κ3) is 2.53. The van der Waals surface area contributed by atoms with Gasteiger partial charge in [-0.2, -0.15) is 0 Å². The van der Waals surface area contributed by atoms with Crippen LogP contribution < -0.4 is 0 Å². The van der Waals surface area contributed by atoms with Gasteiger partial charge in [0.15, 0.2) is 0 Å². The van der Waals surface area contributed by atoms with Gasteiger partial charge in [-0.3, -0.25) is 8.80 Å². The van der Waals surface area contributed by atoms with Gasteiger partial charge in [0.2, 0.25) is 5.78 Å². The van der Waals surface area contributed by atoms with Crippen LogP contribution in [0.25, 0.3) is 77.2 Å². The fourth-order valence-corrected chi connectivity index (χ4v) is 7.74. The third-order valence-electron chi connectivity index (χ3n) is 9.61. The molecule has 0 unspecified atom stereocenters. The molecule has 192 valence electrons. The van der Waals surface area contributed by atoms with Gasteiger partial charge in [0.05, 0.1) is 27.6 Å². The minimum Gasteiger partial charge on any atom is -0.277 e. The molecule has 0 atom stereocenters. The number of aromatic nitrogens is 3. The van der Waals surface area contributed by atoms with Crippen LogP contribution in [0.4, 0.5) is 0 Å². The first-order chi connectivity index (χ1) is 20.1. The summed E-state index contributed by atoms with van der Waals surface area (Å²) in [4.78, 5) is 5.17. The van der Waals surface area contributed by atoms with Crippen molar-refractivity contribution in [3.63, 3.8) is 0 Å². The van der Waals surface area contributed by atoms with Crippen LogP contribution >= 0.6 is 0 Å². The molecule has 9 aromatic rings. The van der Waals surface area contributed by atoms with E-state index in [1.165, 1.54) is 71.5 Å². The minimum absolute atomic E-state index is 0.0362. The van der Waals surface area contributed by atoms with Crippen molar-refractivity contribution < 1.29 is 0 Å². The zero-order valence-corrected chi connectivity index (χ0v) is 22.8. The molecule has 1 aliphatic carbocycles. The molecule has 3 aromatic heterocycles. The van der Waals surface area contributed by atoms with Crippen LogP contribution in [0.5, 0.6) is 0 Å². The molecule has 0 spiro atoms. The van der Waals surface area contributed by atoms with E-state index >= 15 is 0 Å². The first kappa shape index (κ1) is 21.6. The molecule has 3 heteroatoms. The highest BCUT2D eigenvalue weighted by Gasteiger charge is 2.36. The smallest absolute Gasteiger partial charge is 0.220 e. The summed E-state index contributed by atoms with van der Waals surface area (Å²) in [6.07, 6.45) is 0. The van der Waals surface area contributed by atoms with Crippen molar-refractivity contribution in [2.24, 2.45) is 0 Å². The number of hydrogen-bond acceptors (Lipinski definition) is 1. The predicted molar refractivity (Wildman–Crippen MR) is 170 cm³/mol. The van der Waals surface area contributed by atoms with Crippen molar-refractivity contribution in [1.29, 1.82) is 0 Å². The van der Waals surface area contributed by atoms with E-state index in [9.17, 15) is 0 Å². The van der Waals surface area contributed by atoms with Crippen LogP contribution in [0.1, 0.15) is 25.0 Å². The molecule has 3 nitrogen and oxygen atoms in total. The van der Waals surface area contributed by atoms with Gasteiger partial charge in [-0.25, -0.2) is 4.98 Å². The molecule has 0 radical (unpaired) electrons. The maximum absolute atomic E-state index is 5.17. The molecule has 41 heavy (non-hydrogen) atoms. The summed E-state index contributed by atoms with van der Waals surface area (Å²) in [5, 5.41) is 5.05. The van der Waals surface area contributed by atoms with E-state index in [0.717, 1.165) is 16.8 Å². The number of benzene rings is 6. The lowest BCUT2D eigenvalue weighted by atomic mass is 9.82. The van der Waals surface area contributed by atoms with Crippen LogP contribution in [0.2, 0.25) is 0 Å². The molecule has 0 amide bonds. The van der Waals surface area contributed by atoms with Crippen LogP contribution in [0.3, 0.4) is 0 Å². The number of imidazole rings is 2. The highest BCUT2D eigenvalue weighted by Crippen LogP contribution is 2.52. The van der Waals surface area contributed by atoms with E-state index in [4.69, 9.17) is 4.98 Å². The Hall–Kier alpha value is -5.15. The molecule has 10 rings (SSSR count). The quantitative estimate of drug-likeness (QED) is 0.210. The number of fused-ring (bicyclic) bond motifs is 12. The Morgan fingerprint density at radius 3 is 2.20 bits per heavy atom. The van der Waals surface area contributed by atoms with Gasteiger partial charge in [0, 0.05) is 16.2 Å². The van der Waals surface area contributed by atoms with Gasteiger partial charge in [-0.1, -0.05) is 92.7 Å². The molecule has 6 aromatic carbocycles. The molecule has 0 bridgehead atoms. The van der Waals surface area contributed by atoms with E-state index in [-0.39, 0.29) is 5.41 Å². The zero-order chi connectivity index (χ0) is 27.0. The standard InChI is InChI=1S/C38H25N3/c1-38(2)29-14-6-5-12-26(29)35-25(13-9-15-30(35)38)24-19-28-27-18-22-10-3-4-11-23(22)20-33(27)41-36(28)34(21-24)40-32-17-8-7-16-31(32)39-37(40)41/h3-21H,1-2H3. The van der Waals surface area contributed by atoms with Gasteiger partial charge in [-0.05, 0) is 80.6 Å². The van der Waals surface area contributed by atoms with E-state index in [0.29, 0.717) is 0 Å². The Kier molecular flexibility index (Phi) is 3.76. The second kappa shape index (κ2) is 7.13. The number of hydrogen-bond donors (Lipinski definition) is 0. The molecule has 1 aliphatic rings. The number of nitrogens with zero attached hydrogens (tertiary/aromatic N) is 3. The van der Waals surface area contributed by atoms with Crippen molar-refractivity contribution in [1.82, 2.24) is 13.8 Å². The maximum Gasteiger partial charge on any atom is 0.220 e.